The summed E-state index contributed by atoms with van der Waals surface area (Å²) in [5.41, 5.74) is 1.05. The molecule has 1 amide bonds. The fourth-order valence-corrected chi connectivity index (χ4v) is 3.12. The second-order valence-electron chi connectivity index (χ2n) is 5.07. The first-order valence-electron chi connectivity index (χ1n) is 6.81. The lowest BCUT2D eigenvalue weighted by atomic mass is 10.2. The Morgan fingerprint density at radius 2 is 2.00 bits per heavy atom. The van der Waals surface area contributed by atoms with Gasteiger partial charge in [0.05, 0.1) is 5.25 Å². The highest BCUT2D eigenvalue weighted by atomic mass is 32.2. The van der Waals surface area contributed by atoms with E-state index in [2.05, 4.69) is 5.32 Å². The van der Waals surface area contributed by atoms with Gasteiger partial charge in [-0.2, -0.15) is 0 Å². The van der Waals surface area contributed by atoms with E-state index < -0.39 is 0 Å². The molecule has 0 spiro atoms. The van der Waals surface area contributed by atoms with Crippen LogP contribution in [0.15, 0.2) is 24.3 Å². The molecule has 1 aromatic carbocycles. The zero-order valence-electron chi connectivity index (χ0n) is 11.2. The fourth-order valence-electron chi connectivity index (χ4n) is 2.27. The van der Waals surface area contributed by atoms with E-state index in [1.54, 1.807) is 23.9 Å². The molecule has 0 bridgehead atoms. The SMILES string of the molecule is C[C@H](SCc1ccc(F)cc1)C(=O)NC1CCCC1. The third kappa shape index (κ3) is 4.53. The van der Waals surface area contributed by atoms with Gasteiger partial charge in [-0.3, -0.25) is 4.79 Å². The summed E-state index contributed by atoms with van der Waals surface area (Å²) in [6.45, 7) is 1.93. The Morgan fingerprint density at radius 1 is 1.37 bits per heavy atom. The monoisotopic (exact) mass is 281 g/mol. The summed E-state index contributed by atoms with van der Waals surface area (Å²) in [4.78, 5) is 12.0. The van der Waals surface area contributed by atoms with Crippen molar-refractivity contribution >= 4 is 17.7 Å². The van der Waals surface area contributed by atoms with Crippen LogP contribution in [0.3, 0.4) is 0 Å². The van der Waals surface area contributed by atoms with Crippen molar-refractivity contribution in [2.24, 2.45) is 0 Å². The topological polar surface area (TPSA) is 29.1 Å². The van der Waals surface area contributed by atoms with Crippen molar-refractivity contribution in [3.63, 3.8) is 0 Å². The number of carbonyl (C=O) groups excluding carboxylic acids is 1. The predicted octanol–water partition coefficient (Wildman–Crippen LogP) is 3.51. The lowest BCUT2D eigenvalue weighted by Gasteiger charge is -2.16. The van der Waals surface area contributed by atoms with Gasteiger partial charge in [-0.25, -0.2) is 4.39 Å². The van der Waals surface area contributed by atoms with Crippen molar-refractivity contribution in [1.29, 1.82) is 0 Å². The van der Waals surface area contributed by atoms with Gasteiger partial charge in [-0.05, 0) is 37.5 Å². The van der Waals surface area contributed by atoms with Crippen LogP contribution in [0.4, 0.5) is 4.39 Å². The van der Waals surface area contributed by atoms with Crippen molar-refractivity contribution in [2.75, 3.05) is 0 Å². The molecule has 0 aliphatic heterocycles. The molecule has 1 aliphatic rings. The van der Waals surface area contributed by atoms with Crippen molar-refractivity contribution in [1.82, 2.24) is 5.32 Å². The zero-order chi connectivity index (χ0) is 13.7. The predicted molar refractivity (Wildman–Crippen MR) is 77.6 cm³/mol. The van der Waals surface area contributed by atoms with E-state index in [9.17, 15) is 9.18 Å². The van der Waals surface area contributed by atoms with Gasteiger partial charge >= 0.3 is 0 Å². The molecule has 104 valence electrons. The minimum absolute atomic E-state index is 0.0642. The van der Waals surface area contributed by atoms with E-state index in [0.717, 1.165) is 24.2 Å². The number of thioether (sulfide) groups is 1. The van der Waals surface area contributed by atoms with Gasteiger partial charge < -0.3 is 5.32 Å². The molecule has 1 aromatic rings. The summed E-state index contributed by atoms with van der Waals surface area (Å²) < 4.78 is 12.8. The Balaban J connectivity index is 1.75. The second kappa shape index (κ2) is 6.94. The highest BCUT2D eigenvalue weighted by molar-refractivity contribution is 7.99. The molecule has 0 radical (unpaired) electrons. The fraction of sp³-hybridized carbons (Fsp3) is 0.533. The Kier molecular flexibility index (Phi) is 5.25. The maximum absolute atomic E-state index is 12.8. The number of hydrogen-bond acceptors (Lipinski definition) is 2. The first kappa shape index (κ1) is 14.4. The number of nitrogens with one attached hydrogen (secondary N) is 1. The minimum Gasteiger partial charge on any atom is -0.352 e. The summed E-state index contributed by atoms with van der Waals surface area (Å²) in [6, 6.07) is 6.83. The van der Waals surface area contributed by atoms with Crippen molar-refractivity contribution in [3.05, 3.63) is 35.6 Å². The van der Waals surface area contributed by atoms with Gasteiger partial charge in [0.1, 0.15) is 5.82 Å². The Labute approximate surface area is 118 Å². The van der Waals surface area contributed by atoms with E-state index in [0.29, 0.717) is 6.04 Å². The maximum Gasteiger partial charge on any atom is 0.233 e. The largest absolute Gasteiger partial charge is 0.352 e. The van der Waals surface area contributed by atoms with E-state index >= 15 is 0 Å². The molecule has 19 heavy (non-hydrogen) atoms. The molecule has 1 fully saturated rings. The van der Waals surface area contributed by atoms with Crippen LogP contribution in [-0.2, 0) is 10.5 Å². The maximum atomic E-state index is 12.8. The van der Waals surface area contributed by atoms with E-state index in [1.807, 2.05) is 6.92 Å². The van der Waals surface area contributed by atoms with Crippen molar-refractivity contribution in [3.8, 4) is 0 Å². The van der Waals surface area contributed by atoms with Crippen molar-refractivity contribution < 1.29 is 9.18 Å². The first-order chi connectivity index (χ1) is 9.15. The summed E-state index contributed by atoms with van der Waals surface area (Å²) >= 11 is 1.59. The zero-order valence-corrected chi connectivity index (χ0v) is 12.0. The second-order valence-corrected chi connectivity index (χ2v) is 6.40. The van der Waals surface area contributed by atoms with Crippen molar-refractivity contribution in [2.45, 2.75) is 49.7 Å². The highest BCUT2D eigenvalue weighted by Crippen LogP contribution is 2.21. The van der Waals surface area contributed by atoms with Crippen LogP contribution in [0.1, 0.15) is 38.2 Å². The summed E-state index contributed by atoms with van der Waals surface area (Å²) in [5.74, 6) is 0.638. The van der Waals surface area contributed by atoms with E-state index in [1.165, 1.54) is 25.0 Å². The van der Waals surface area contributed by atoms with Crippen LogP contribution in [0.5, 0.6) is 0 Å². The van der Waals surface area contributed by atoms with Crippen LogP contribution in [0.25, 0.3) is 0 Å². The molecular weight excluding hydrogens is 261 g/mol. The molecule has 0 unspecified atom stereocenters. The minimum atomic E-state index is -0.222. The molecule has 0 heterocycles. The van der Waals surface area contributed by atoms with Crippen LogP contribution in [0, 0.1) is 5.82 Å². The Morgan fingerprint density at radius 3 is 2.63 bits per heavy atom. The Hall–Kier alpha value is -1.03. The first-order valence-corrected chi connectivity index (χ1v) is 7.86. The lowest BCUT2D eigenvalue weighted by Crippen LogP contribution is -2.37. The number of halogens is 1. The molecule has 0 aromatic heterocycles. The molecule has 1 aliphatic carbocycles. The average molecular weight is 281 g/mol. The molecule has 2 rings (SSSR count). The standard InChI is InChI=1S/C15H20FNOS/c1-11(15(18)17-14-4-2-3-5-14)19-10-12-6-8-13(16)9-7-12/h6-9,11,14H,2-5,10H2,1H3,(H,17,18)/t11-/m0/s1. The number of amides is 1. The van der Waals surface area contributed by atoms with E-state index in [-0.39, 0.29) is 17.0 Å². The van der Waals surface area contributed by atoms with Gasteiger partial charge in [0, 0.05) is 11.8 Å². The Bertz CT molecular complexity index is 415. The normalized spacial score (nSPS) is 17.4. The van der Waals surface area contributed by atoms with E-state index in [4.69, 9.17) is 0 Å². The van der Waals surface area contributed by atoms with Crippen LogP contribution in [0.2, 0.25) is 0 Å². The summed E-state index contributed by atoms with van der Waals surface area (Å²) in [6.07, 6.45) is 4.67. The van der Waals surface area contributed by atoms with Gasteiger partial charge in [0.15, 0.2) is 0 Å². The van der Waals surface area contributed by atoms with Crippen LogP contribution >= 0.6 is 11.8 Å². The molecular formula is C15H20FNOS. The van der Waals surface area contributed by atoms with Crippen LogP contribution in [-0.4, -0.2) is 17.2 Å². The van der Waals surface area contributed by atoms with Crippen LogP contribution < -0.4 is 5.32 Å². The lowest BCUT2D eigenvalue weighted by molar-refractivity contribution is -0.120. The quantitative estimate of drug-likeness (QED) is 0.895. The molecule has 1 atom stereocenters. The molecule has 4 heteroatoms. The molecule has 2 nitrogen and oxygen atoms in total. The highest BCUT2D eigenvalue weighted by Gasteiger charge is 2.20. The van der Waals surface area contributed by atoms with Gasteiger partial charge in [-0.1, -0.05) is 25.0 Å². The molecule has 0 saturated heterocycles. The number of carbonyl (C=O) groups is 1. The third-order valence-electron chi connectivity index (χ3n) is 3.48. The van der Waals surface area contributed by atoms with Gasteiger partial charge in [0.25, 0.3) is 0 Å². The molecule has 1 N–H and O–H groups in total. The number of hydrogen-bond donors (Lipinski definition) is 1. The van der Waals surface area contributed by atoms with Gasteiger partial charge in [0.2, 0.25) is 5.91 Å². The average Bonchev–Trinajstić information content (AvgIpc) is 2.90. The number of benzene rings is 1. The summed E-state index contributed by atoms with van der Waals surface area (Å²) in [7, 11) is 0. The smallest absolute Gasteiger partial charge is 0.233 e. The number of rotatable bonds is 5. The summed E-state index contributed by atoms with van der Waals surface area (Å²) in [5, 5.41) is 3.04. The third-order valence-corrected chi connectivity index (χ3v) is 4.70. The van der Waals surface area contributed by atoms with Gasteiger partial charge in [-0.15, -0.1) is 11.8 Å². The molecule has 1 saturated carbocycles.